The van der Waals surface area contributed by atoms with E-state index >= 15 is 0 Å². The third-order valence-corrected chi connectivity index (χ3v) is 6.11. The molecule has 1 fully saturated rings. The van der Waals surface area contributed by atoms with Crippen molar-refractivity contribution < 1.29 is 14.3 Å². The fraction of sp³-hybridized carbons (Fsp3) is 0.286. The lowest BCUT2D eigenvalue weighted by atomic mass is 10.1. The van der Waals surface area contributed by atoms with Gasteiger partial charge in [0.05, 0.1) is 23.5 Å². The van der Waals surface area contributed by atoms with Crippen LogP contribution >= 0.6 is 0 Å². The molecule has 182 valence electrons. The number of amides is 2. The highest BCUT2D eigenvalue weighted by atomic mass is 16.5. The number of urea groups is 1. The maximum atomic E-state index is 12.8. The summed E-state index contributed by atoms with van der Waals surface area (Å²) in [4.78, 5) is 29.8. The van der Waals surface area contributed by atoms with Crippen LogP contribution in [0.15, 0.2) is 66.7 Å². The van der Waals surface area contributed by atoms with Gasteiger partial charge in [0.2, 0.25) is 0 Å². The predicted molar refractivity (Wildman–Crippen MR) is 142 cm³/mol. The molecule has 0 spiro atoms. The molecule has 4 rings (SSSR count). The van der Waals surface area contributed by atoms with Crippen molar-refractivity contribution in [3.8, 4) is 0 Å². The van der Waals surface area contributed by atoms with Crippen LogP contribution < -0.4 is 20.4 Å². The molecule has 3 aromatic rings. The van der Waals surface area contributed by atoms with Crippen molar-refractivity contribution >= 4 is 34.7 Å². The van der Waals surface area contributed by atoms with Crippen molar-refractivity contribution in [2.45, 2.75) is 20.8 Å². The van der Waals surface area contributed by atoms with E-state index in [0.29, 0.717) is 16.9 Å². The SMILES string of the molecule is CCOC(=O)c1ccc(N2CCN(c3cc(C)ccc3C)CC2)c(NC(=O)Nc2ccccc2)c1. The molecule has 0 radical (unpaired) electrons. The second kappa shape index (κ2) is 11.0. The van der Waals surface area contributed by atoms with Crippen LogP contribution in [0.5, 0.6) is 0 Å². The number of benzene rings is 3. The van der Waals surface area contributed by atoms with E-state index in [1.54, 1.807) is 19.1 Å². The highest BCUT2D eigenvalue weighted by molar-refractivity contribution is 6.03. The fourth-order valence-electron chi connectivity index (χ4n) is 4.31. The number of hydrogen-bond donors (Lipinski definition) is 2. The van der Waals surface area contributed by atoms with E-state index in [1.807, 2.05) is 36.4 Å². The van der Waals surface area contributed by atoms with Crippen molar-refractivity contribution in [2.24, 2.45) is 0 Å². The van der Waals surface area contributed by atoms with Gasteiger partial charge in [-0.15, -0.1) is 0 Å². The van der Waals surface area contributed by atoms with Gasteiger partial charge in [0.15, 0.2) is 0 Å². The Balaban J connectivity index is 1.53. The summed E-state index contributed by atoms with van der Waals surface area (Å²) in [7, 11) is 0. The van der Waals surface area contributed by atoms with Crippen molar-refractivity contribution in [2.75, 3.05) is 53.2 Å². The summed E-state index contributed by atoms with van der Waals surface area (Å²) in [6.07, 6.45) is 0. The Morgan fingerprint density at radius 2 is 1.51 bits per heavy atom. The summed E-state index contributed by atoms with van der Waals surface area (Å²) in [6.45, 7) is 9.62. The quantitative estimate of drug-likeness (QED) is 0.467. The number of esters is 1. The first-order valence-corrected chi connectivity index (χ1v) is 12.0. The molecule has 2 N–H and O–H groups in total. The number of nitrogens with zero attached hydrogens (tertiary/aromatic N) is 2. The molecule has 3 aromatic carbocycles. The van der Waals surface area contributed by atoms with Gasteiger partial charge in [-0.05, 0) is 68.3 Å². The number of anilines is 4. The van der Waals surface area contributed by atoms with Gasteiger partial charge >= 0.3 is 12.0 Å². The topological polar surface area (TPSA) is 73.9 Å². The lowest BCUT2D eigenvalue weighted by Crippen LogP contribution is -2.47. The van der Waals surface area contributed by atoms with Crippen LogP contribution in [0.25, 0.3) is 0 Å². The van der Waals surface area contributed by atoms with E-state index < -0.39 is 5.97 Å². The Bertz CT molecular complexity index is 1190. The highest BCUT2D eigenvalue weighted by Crippen LogP contribution is 2.30. The number of rotatable bonds is 6. The maximum Gasteiger partial charge on any atom is 0.338 e. The summed E-state index contributed by atoms with van der Waals surface area (Å²) in [5, 5.41) is 5.78. The number of ether oxygens (including phenoxy) is 1. The summed E-state index contributed by atoms with van der Waals surface area (Å²) in [5.74, 6) is -0.412. The second-order valence-corrected chi connectivity index (χ2v) is 8.66. The molecule has 0 atom stereocenters. The number of para-hydroxylation sites is 1. The van der Waals surface area contributed by atoms with Gasteiger partial charge in [0.1, 0.15) is 0 Å². The van der Waals surface area contributed by atoms with Crippen LogP contribution in [0.1, 0.15) is 28.4 Å². The first-order valence-electron chi connectivity index (χ1n) is 12.0. The number of hydrogen-bond acceptors (Lipinski definition) is 5. The maximum absolute atomic E-state index is 12.8. The van der Waals surface area contributed by atoms with Crippen LogP contribution in [0, 0.1) is 13.8 Å². The minimum atomic E-state index is -0.412. The number of nitrogens with one attached hydrogen (secondary N) is 2. The summed E-state index contributed by atoms with van der Waals surface area (Å²) in [6, 6.07) is 20.8. The lowest BCUT2D eigenvalue weighted by Gasteiger charge is -2.38. The van der Waals surface area contributed by atoms with Crippen LogP contribution in [0.2, 0.25) is 0 Å². The molecule has 35 heavy (non-hydrogen) atoms. The number of carbonyl (C=O) groups excluding carboxylic acids is 2. The van der Waals surface area contributed by atoms with Gasteiger partial charge in [-0.2, -0.15) is 0 Å². The van der Waals surface area contributed by atoms with Gasteiger partial charge in [-0.3, -0.25) is 0 Å². The van der Waals surface area contributed by atoms with E-state index in [1.165, 1.54) is 16.8 Å². The molecule has 0 aromatic heterocycles. The third-order valence-electron chi connectivity index (χ3n) is 6.11. The molecule has 1 saturated heterocycles. The average Bonchev–Trinajstić information content (AvgIpc) is 2.86. The van der Waals surface area contributed by atoms with E-state index in [9.17, 15) is 9.59 Å². The molecule has 1 aliphatic rings. The monoisotopic (exact) mass is 472 g/mol. The molecule has 0 saturated carbocycles. The summed E-state index contributed by atoms with van der Waals surface area (Å²) < 4.78 is 5.17. The summed E-state index contributed by atoms with van der Waals surface area (Å²) in [5.41, 5.74) is 6.32. The van der Waals surface area contributed by atoms with E-state index in [-0.39, 0.29) is 12.6 Å². The number of aryl methyl sites for hydroxylation is 2. The molecular weight excluding hydrogens is 440 g/mol. The zero-order valence-corrected chi connectivity index (χ0v) is 20.5. The highest BCUT2D eigenvalue weighted by Gasteiger charge is 2.22. The zero-order chi connectivity index (χ0) is 24.8. The standard InChI is InChI=1S/C28H32N4O3/c1-4-35-27(33)22-12-13-25(24(19-22)30-28(34)29-23-8-6-5-7-9-23)31-14-16-32(17-15-31)26-18-20(2)10-11-21(26)3/h5-13,18-19H,4,14-17H2,1-3H3,(H2,29,30,34). The van der Waals surface area contributed by atoms with Gasteiger partial charge in [-0.25, -0.2) is 9.59 Å². The number of carbonyl (C=O) groups is 2. The van der Waals surface area contributed by atoms with Crippen molar-refractivity contribution in [3.63, 3.8) is 0 Å². The Labute approximate surface area is 206 Å². The van der Waals surface area contributed by atoms with Gasteiger partial charge in [0, 0.05) is 37.6 Å². The van der Waals surface area contributed by atoms with Gasteiger partial charge < -0.3 is 25.2 Å². The predicted octanol–water partition coefficient (Wildman–Crippen LogP) is 5.45. The Morgan fingerprint density at radius 1 is 0.829 bits per heavy atom. The van der Waals surface area contributed by atoms with E-state index in [2.05, 4.69) is 52.5 Å². The minimum absolute atomic E-state index is 0.290. The van der Waals surface area contributed by atoms with Crippen molar-refractivity contribution in [3.05, 3.63) is 83.4 Å². The van der Waals surface area contributed by atoms with Crippen LogP contribution in [-0.2, 0) is 4.74 Å². The summed E-state index contributed by atoms with van der Waals surface area (Å²) >= 11 is 0. The second-order valence-electron chi connectivity index (χ2n) is 8.66. The average molecular weight is 473 g/mol. The Hall–Kier alpha value is -4.00. The molecule has 1 aliphatic heterocycles. The third kappa shape index (κ3) is 5.93. The number of piperazine rings is 1. The lowest BCUT2D eigenvalue weighted by molar-refractivity contribution is 0.0526. The van der Waals surface area contributed by atoms with Crippen molar-refractivity contribution in [1.82, 2.24) is 0 Å². The molecule has 7 heteroatoms. The molecular formula is C28H32N4O3. The smallest absolute Gasteiger partial charge is 0.338 e. The largest absolute Gasteiger partial charge is 0.462 e. The molecule has 2 amide bonds. The Kier molecular flexibility index (Phi) is 7.55. The van der Waals surface area contributed by atoms with Gasteiger partial charge in [-0.1, -0.05) is 30.3 Å². The van der Waals surface area contributed by atoms with Gasteiger partial charge in [0.25, 0.3) is 0 Å². The minimum Gasteiger partial charge on any atom is -0.462 e. The molecule has 1 heterocycles. The molecule has 0 unspecified atom stereocenters. The van der Waals surface area contributed by atoms with Crippen LogP contribution in [0.3, 0.4) is 0 Å². The van der Waals surface area contributed by atoms with Crippen LogP contribution in [-0.4, -0.2) is 44.8 Å². The first-order chi connectivity index (χ1) is 16.9. The first kappa shape index (κ1) is 24.1. The molecule has 7 nitrogen and oxygen atoms in total. The van der Waals surface area contributed by atoms with Crippen molar-refractivity contribution in [1.29, 1.82) is 0 Å². The molecule has 0 aliphatic carbocycles. The zero-order valence-electron chi connectivity index (χ0n) is 20.5. The van der Waals surface area contributed by atoms with E-state index in [0.717, 1.165) is 31.9 Å². The normalized spacial score (nSPS) is 13.3. The van der Waals surface area contributed by atoms with E-state index in [4.69, 9.17) is 4.74 Å². The van der Waals surface area contributed by atoms with Crippen LogP contribution in [0.4, 0.5) is 27.5 Å². The fourth-order valence-corrected chi connectivity index (χ4v) is 4.31. The molecule has 0 bridgehead atoms. The Morgan fingerprint density at radius 3 is 2.20 bits per heavy atom.